The molecule has 2 aromatic carbocycles. The van der Waals surface area contributed by atoms with Crippen LogP contribution in [0.4, 0.5) is 0 Å². The molecule has 0 aliphatic carbocycles. The van der Waals surface area contributed by atoms with Crippen LogP contribution in [0.25, 0.3) is 11.1 Å². The van der Waals surface area contributed by atoms with Crippen LogP contribution in [0.2, 0.25) is 0 Å². The van der Waals surface area contributed by atoms with Crippen LogP contribution in [0.5, 0.6) is 0 Å². The minimum atomic E-state index is 0.211. The van der Waals surface area contributed by atoms with E-state index in [1.807, 2.05) is 31.3 Å². The second kappa shape index (κ2) is 5.47. The Kier molecular flexibility index (Phi) is 3.52. The Morgan fingerprint density at radius 3 is 2.75 bits per heavy atom. The van der Waals surface area contributed by atoms with Gasteiger partial charge in [-0.2, -0.15) is 0 Å². The van der Waals surface area contributed by atoms with Crippen molar-refractivity contribution in [3.8, 4) is 0 Å². The molecule has 102 valence electrons. The first kappa shape index (κ1) is 12.9. The summed E-state index contributed by atoms with van der Waals surface area (Å²) >= 11 is 0. The first-order chi connectivity index (χ1) is 9.76. The molecule has 0 saturated carbocycles. The molecule has 0 spiro atoms. The maximum Gasteiger partial charge on any atom is 0.197 e. The molecule has 1 atom stereocenters. The van der Waals surface area contributed by atoms with E-state index in [0.29, 0.717) is 0 Å². The highest BCUT2D eigenvalue weighted by Gasteiger charge is 2.14. The van der Waals surface area contributed by atoms with Crippen LogP contribution in [0, 0.1) is 6.92 Å². The number of aromatic nitrogens is 1. The van der Waals surface area contributed by atoms with Gasteiger partial charge in [0.05, 0.1) is 0 Å². The van der Waals surface area contributed by atoms with Crippen LogP contribution < -0.4 is 5.32 Å². The van der Waals surface area contributed by atoms with Gasteiger partial charge in [0.25, 0.3) is 0 Å². The number of benzene rings is 2. The van der Waals surface area contributed by atoms with Gasteiger partial charge in [0.1, 0.15) is 5.52 Å². The number of hydrogen-bond donors (Lipinski definition) is 1. The highest BCUT2D eigenvalue weighted by Crippen LogP contribution is 2.21. The van der Waals surface area contributed by atoms with Crippen molar-refractivity contribution in [3.63, 3.8) is 0 Å². The predicted molar refractivity (Wildman–Crippen MR) is 80.7 cm³/mol. The fourth-order valence-corrected chi connectivity index (χ4v) is 2.46. The van der Waals surface area contributed by atoms with Gasteiger partial charge in [-0.3, -0.25) is 0 Å². The SMILES string of the molecule is CNC(Cc1nc2ccccc2o1)c1cccc(C)c1. The van der Waals surface area contributed by atoms with Gasteiger partial charge in [0.15, 0.2) is 11.5 Å². The highest BCUT2D eigenvalue weighted by atomic mass is 16.3. The third-order valence-corrected chi connectivity index (χ3v) is 3.51. The molecule has 1 aromatic heterocycles. The van der Waals surface area contributed by atoms with Gasteiger partial charge in [-0.25, -0.2) is 4.98 Å². The molecule has 3 nitrogen and oxygen atoms in total. The lowest BCUT2D eigenvalue weighted by atomic mass is 10.0. The van der Waals surface area contributed by atoms with Crippen molar-refractivity contribution in [2.45, 2.75) is 19.4 Å². The van der Waals surface area contributed by atoms with Gasteiger partial charge in [-0.1, -0.05) is 42.0 Å². The predicted octanol–water partition coefficient (Wildman–Crippen LogP) is 3.64. The van der Waals surface area contributed by atoms with E-state index >= 15 is 0 Å². The zero-order valence-electron chi connectivity index (χ0n) is 11.8. The molecular formula is C17H18N2O. The molecule has 20 heavy (non-hydrogen) atoms. The Bertz CT molecular complexity index is 685. The fourth-order valence-electron chi connectivity index (χ4n) is 2.46. The zero-order chi connectivity index (χ0) is 13.9. The molecule has 0 bridgehead atoms. The Morgan fingerprint density at radius 1 is 1.15 bits per heavy atom. The van der Waals surface area contributed by atoms with E-state index in [1.165, 1.54) is 11.1 Å². The standard InChI is InChI=1S/C17H18N2O/c1-12-6-5-7-13(10-12)15(18-2)11-17-19-14-8-3-4-9-16(14)20-17/h3-10,15,18H,11H2,1-2H3. The van der Waals surface area contributed by atoms with Crippen molar-refractivity contribution >= 4 is 11.1 Å². The number of nitrogens with zero attached hydrogens (tertiary/aromatic N) is 1. The van der Waals surface area contributed by atoms with Crippen molar-refractivity contribution in [2.24, 2.45) is 0 Å². The first-order valence-electron chi connectivity index (χ1n) is 6.84. The second-order valence-electron chi connectivity index (χ2n) is 5.03. The maximum atomic E-state index is 5.80. The molecule has 0 amide bonds. The number of para-hydroxylation sites is 2. The van der Waals surface area contributed by atoms with Crippen LogP contribution in [-0.2, 0) is 6.42 Å². The summed E-state index contributed by atoms with van der Waals surface area (Å²) in [5.74, 6) is 0.770. The number of oxazole rings is 1. The second-order valence-corrected chi connectivity index (χ2v) is 5.03. The molecule has 1 heterocycles. The number of hydrogen-bond acceptors (Lipinski definition) is 3. The number of aryl methyl sites for hydroxylation is 1. The molecule has 1 unspecified atom stereocenters. The van der Waals surface area contributed by atoms with E-state index in [2.05, 4.69) is 41.5 Å². The molecule has 3 aromatic rings. The largest absolute Gasteiger partial charge is 0.441 e. The van der Waals surface area contributed by atoms with E-state index < -0.39 is 0 Å². The van der Waals surface area contributed by atoms with Crippen LogP contribution in [0.15, 0.2) is 52.9 Å². The summed E-state index contributed by atoms with van der Waals surface area (Å²) in [6.45, 7) is 2.11. The van der Waals surface area contributed by atoms with Crippen molar-refractivity contribution < 1.29 is 4.42 Å². The summed E-state index contributed by atoms with van der Waals surface area (Å²) < 4.78 is 5.80. The monoisotopic (exact) mass is 266 g/mol. The summed E-state index contributed by atoms with van der Waals surface area (Å²) in [4.78, 5) is 4.54. The molecule has 0 aliphatic rings. The normalized spacial score (nSPS) is 12.7. The van der Waals surface area contributed by atoms with E-state index in [0.717, 1.165) is 23.4 Å². The summed E-state index contributed by atoms with van der Waals surface area (Å²) in [5.41, 5.74) is 4.29. The van der Waals surface area contributed by atoms with E-state index in [4.69, 9.17) is 4.42 Å². The Labute approximate surface area is 118 Å². The van der Waals surface area contributed by atoms with Crippen molar-refractivity contribution in [1.82, 2.24) is 10.3 Å². The van der Waals surface area contributed by atoms with Gasteiger partial charge in [0, 0.05) is 12.5 Å². The minimum Gasteiger partial charge on any atom is -0.441 e. The lowest BCUT2D eigenvalue weighted by Crippen LogP contribution is -2.19. The van der Waals surface area contributed by atoms with Gasteiger partial charge >= 0.3 is 0 Å². The van der Waals surface area contributed by atoms with E-state index in [9.17, 15) is 0 Å². The van der Waals surface area contributed by atoms with Gasteiger partial charge in [0.2, 0.25) is 0 Å². The smallest absolute Gasteiger partial charge is 0.197 e. The molecule has 0 fully saturated rings. The topological polar surface area (TPSA) is 38.1 Å². The average Bonchev–Trinajstić information content (AvgIpc) is 2.87. The Balaban J connectivity index is 1.87. The van der Waals surface area contributed by atoms with Crippen molar-refractivity contribution in [2.75, 3.05) is 7.05 Å². The average molecular weight is 266 g/mol. The molecule has 3 heteroatoms. The summed E-state index contributed by atoms with van der Waals surface area (Å²) in [6, 6.07) is 16.6. The van der Waals surface area contributed by atoms with Crippen LogP contribution in [0.3, 0.4) is 0 Å². The van der Waals surface area contributed by atoms with Crippen molar-refractivity contribution in [3.05, 3.63) is 65.5 Å². The summed E-state index contributed by atoms with van der Waals surface area (Å²) in [5, 5.41) is 3.34. The lowest BCUT2D eigenvalue weighted by molar-refractivity contribution is 0.473. The van der Waals surface area contributed by atoms with Gasteiger partial charge < -0.3 is 9.73 Å². The number of fused-ring (bicyclic) bond motifs is 1. The quantitative estimate of drug-likeness (QED) is 0.783. The fraction of sp³-hybridized carbons (Fsp3) is 0.235. The van der Waals surface area contributed by atoms with E-state index in [-0.39, 0.29) is 6.04 Å². The third kappa shape index (κ3) is 2.58. The lowest BCUT2D eigenvalue weighted by Gasteiger charge is -2.15. The third-order valence-electron chi connectivity index (χ3n) is 3.51. The maximum absolute atomic E-state index is 5.80. The molecular weight excluding hydrogens is 248 g/mol. The van der Waals surface area contributed by atoms with Crippen LogP contribution >= 0.6 is 0 Å². The van der Waals surface area contributed by atoms with Gasteiger partial charge in [-0.15, -0.1) is 0 Å². The summed E-state index contributed by atoms with van der Waals surface area (Å²) in [6.07, 6.45) is 0.745. The number of likely N-dealkylation sites (N-methyl/N-ethyl adjacent to an activating group) is 1. The van der Waals surface area contributed by atoms with Crippen molar-refractivity contribution in [1.29, 1.82) is 0 Å². The molecule has 0 aliphatic heterocycles. The van der Waals surface area contributed by atoms with E-state index in [1.54, 1.807) is 0 Å². The first-order valence-corrected chi connectivity index (χ1v) is 6.84. The van der Waals surface area contributed by atoms with Gasteiger partial charge in [-0.05, 0) is 31.7 Å². The highest BCUT2D eigenvalue weighted by molar-refractivity contribution is 5.72. The Morgan fingerprint density at radius 2 is 2.00 bits per heavy atom. The summed E-state index contributed by atoms with van der Waals surface area (Å²) in [7, 11) is 1.97. The molecule has 3 rings (SSSR count). The molecule has 0 saturated heterocycles. The van der Waals surface area contributed by atoms with Crippen LogP contribution in [-0.4, -0.2) is 12.0 Å². The Hall–Kier alpha value is -2.13. The molecule has 0 radical (unpaired) electrons. The number of nitrogens with one attached hydrogen (secondary N) is 1. The molecule has 1 N–H and O–H groups in total. The number of rotatable bonds is 4. The van der Waals surface area contributed by atoms with Crippen LogP contribution in [0.1, 0.15) is 23.1 Å². The minimum absolute atomic E-state index is 0.211. The zero-order valence-corrected chi connectivity index (χ0v) is 11.8.